The van der Waals surface area contributed by atoms with Gasteiger partial charge in [0.25, 0.3) is 0 Å². The third kappa shape index (κ3) is 3.71. The number of unbranched alkanes of at least 4 members (excludes halogenated alkanes) is 1. The number of hydrogen-bond acceptors (Lipinski definition) is 4. The van der Waals surface area contributed by atoms with Gasteiger partial charge < -0.3 is 4.74 Å². The van der Waals surface area contributed by atoms with Crippen molar-refractivity contribution in [2.24, 2.45) is 0 Å². The second-order valence-electron chi connectivity index (χ2n) is 3.38. The van der Waals surface area contributed by atoms with Crippen LogP contribution >= 0.6 is 0 Å². The first-order valence-corrected chi connectivity index (χ1v) is 5.16. The molecule has 1 rings (SSSR count). The average Bonchev–Trinajstić information content (AvgIpc) is 2.34. The maximum absolute atomic E-state index is 10.8. The molecule has 0 radical (unpaired) electrons. The zero-order chi connectivity index (χ0) is 12.7. The van der Waals surface area contributed by atoms with E-state index in [9.17, 15) is 14.9 Å². The lowest BCUT2D eigenvalue weighted by Crippen LogP contribution is -2.01. The predicted molar refractivity (Wildman–Crippen MR) is 63.4 cm³/mol. The Bertz CT molecular complexity index is 429. The first-order valence-electron chi connectivity index (χ1n) is 5.16. The number of nitrogens with zero attached hydrogens (tertiary/aromatic N) is 1. The lowest BCUT2D eigenvalue weighted by molar-refractivity contribution is -0.385. The monoisotopic (exact) mass is 235 g/mol. The van der Waals surface area contributed by atoms with E-state index < -0.39 is 4.92 Å². The van der Waals surface area contributed by atoms with Gasteiger partial charge in [0.2, 0.25) is 0 Å². The van der Waals surface area contributed by atoms with E-state index >= 15 is 0 Å². The number of allylic oxidation sites excluding steroid dienone is 1. The van der Waals surface area contributed by atoms with Crippen molar-refractivity contribution in [1.29, 1.82) is 0 Å². The van der Waals surface area contributed by atoms with Gasteiger partial charge in [-0.25, -0.2) is 0 Å². The third-order valence-corrected chi connectivity index (χ3v) is 2.13. The minimum Gasteiger partial charge on any atom is -0.487 e. The Balaban J connectivity index is 2.79. The van der Waals surface area contributed by atoms with Gasteiger partial charge in [-0.1, -0.05) is 6.08 Å². The van der Waals surface area contributed by atoms with Gasteiger partial charge in [-0.05, 0) is 25.0 Å². The summed E-state index contributed by atoms with van der Waals surface area (Å²) in [4.78, 5) is 20.7. The van der Waals surface area contributed by atoms with Gasteiger partial charge in [-0.3, -0.25) is 14.9 Å². The van der Waals surface area contributed by atoms with Crippen LogP contribution in [-0.4, -0.2) is 17.8 Å². The smallest absolute Gasteiger partial charge is 0.311 e. The van der Waals surface area contributed by atoms with Crippen LogP contribution in [0.4, 0.5) is 5.69 Å². The zero-order valence-electron chi connectivity index (χ0n) is 9.30. The molecule has 0 saturated heterocycles. The Morgan fingerprint density at radius 3 is 2.82 bits per heavy atom. The Morgan fingerprint density at radius 2 is 2.24 bits per heavy atom. The summed E-state index contributed by atoms with van der Waals surface area (Å²) in [6, 6.07) is 4.13. The second-order valence-corrected chi connectivity index (χ2v) is 3.38. The molecular formula is C12H13NO4. The molecular weight excluding hydrogens is 222 g/mol. The molecule has 0 aliphatic carbocycles. The van der Waals surface area contributed by atoms with Gasteiger partial charge in [0.15, 0.2) is 5.75 Å². The normalized spacial score (nSPS) is 9.65. The molecule has 1 aromatic carbocycles. The van der Waals surface area contributed by atoms with E-state index in [1.807, 2.05) is 0 Å². The van der Waals surface area contributed by atoms with Crippen molar-refractivity contribution < 1.29 is 14.5 Å². The van der Waals surface area contributed by atoms with Crippen LogP contribution in [0.25, 0.3) is 0 Å². The molecule has 0 aliphatic heterocycles. The van der Waals surface area contributed by atoms with E-state index in [2.05, 4.69) is 6.58 Å². The fourth-order valence-electron chi connectivity index (χ4n) is 1.28. The van der Waals surface area contributed by atoms with Gasteiger partial charge >= 0.3 is 5.69 Å². The van der Waals surface area contributed by atoms with Crippen LogP contribution in [0.1, 0.15) is 23.2 Å². The highest BCUT2D eigenvalue weighted by Crippen LogP contribution is 2.27. The van der Waals surface area contributed by atoms with E-state index in [1.165, 1.54) is 18.2 Å². The van der Waals surface area contributed by atoms with Gasteiger partial charge in [-0.2, -0.15) is 0 Å². The second kappa shape index (κ2) is 6.42. The molecule has 0 heterocycles. The molecule has 0 N–H and O–H groups in total. The molecule has 17 heavy (non-hydrogen) atoms. The molecule has 0 amide bonds. The molecule has 0 atom stereocenters. The summed E-state index contributed by atoms with van der Waals surface area (Å²) in [6.07, 6.45) is 3.86. The molecule has 1 aromatic rings. The van der Waals surface area contributed by atoms with E-state index in [1.54, 1.807) is 6.08 Å². The highest BCUT2D eigenvalue weighted by molar-refractivity contribution is 5.77. The lowest BCUT2D eigenvalue weighted by Gasteiger charge is -2.06. The number of nitro benzene ring substituents is 1. The molecule has 5 nitrogen and oxygen atoms in total. The van der Waals surface area contributed by atoms with Crippen molar-refractivity contribution in [2.45, 2.75) is 12.8 Å². The minimum atomic E-state index is -0.560. The molecule has 0 aromatic heterocycles. The van der Waals surface area contributed by atoms with E-state index in [4.69, 9.17) is 4.74 Å². The quantitative estimate of drug-likeness (QED) is 0.239. The molecule has 0 saturated carbocycles. The number of hydrogen-bond donors (Lipinski definition) is 0. The third-order valence-electron chi connectivity index (χ3n) is 2.13. The predicted octanol–water partition coefficient (Wildman–Crippen LogP) is 2.75. The Kier molecular flexibility index (Phi) is 4.87. The van der Waals surface area contributed by atoms with Crippen molar-refractivity contribution in [3.8, 4) is 5.75 Å². The van der Waals surface area contributed by atoms with E-state index in [0.717, 1.165) is 12.8 Å². The number of carbonyl (C=O) groups is 1. The molecule has 0 aliphatic rings. The SMILES string of the molecule is C=CCCCOc1ccc(C=O)cc1[N+](=O)[O-]. The summed E-state index contributed by atoms with van der Waals surface area (Å²) in [6.45, 7) is 3.95. The van der Waals surface area contributed by atoms with Crippen LogP contribution in [0, 0.1) is 10.1 Å². The molecule has 0 bridgehead atoms. The fourth-order valence-corrected chi connectivity index (χ4v) is 1.28. The maximum Gasteiger partial charge on any atom is 0.311 e. The summed E-state index contributed by atoms with van der Waals surface area (Å²) in [5.74, 6) is 0.185. The summed E-state index contributed by atoms with van der Waals surface area (Å²) in [5.41, 5.74) is 0.0725. The summed E-state index contributed by atoms with van der Waals surface area (Å²) in [7, 11) is 0. The van der Waals surface area contributed by atoms with Gasteiger partial charge in [-0.15, -0.1) is 6.58 Å². The van der Waals surface area contributed by atoms with Crippen LogP contribution < -0.4 is 4.74 Å². The van der Waals surface area contributed by atoms with Gasteiger partial charge in [0.1, 0.15) is 6.29 Å². The Morgan fingerprint density at radius 1 is 1.47 bits per heavy atom. The zero-order valence-corrected chi connectivity index (χ0v) is 9.30. The van der Waals surface area contributed by atoms with E-state index in [0.29, 0.717) is 12.9 Å². The highest BCUT2D eigenvalue weighted by Gasteiger charge is 2.15. The Labute approximate surface area is 98.9 Å². The number of rotatable bonds is 7. The van der Waals surface area contributed by atoms with Crippen LogP contribution in [0.3, 0.4) is 0 Å². The standard InChI is InChI=1S/C12H13NO4/c1-2-3-4-7-17-12-6-5-10(9-14)8-11(12)13(15)16/h2,5-6,8-9H,1,3-4,7H2. The van der Waals surface area contributed by atoms with Gasteiger partial charge in [0.05, 0.1) is 11.5 Å². The fraction of sp³-hybridized carbons (Fsp3) is 0.250. The van der Waals surface area contributed by atoms with Crippen LogP contribution in [0.2, 0.25) is 0 Å². The largest absolute Gasteiger partial charge is 0.487 e. The average molecular weight is 235 g/mol. The first kappa shape index (κ1) is 12.9. The number of nitro groups is 1. The number of aldehydes is 1. The van der Waals surface area contributed by atoms with Gasteiger partial charge in [0, 0.05) is 11.6 Å². The summed E-state index contributed by atoms with van der Waals surface area (Å²) >= 11 is 0. The minimum absolute atomic E-state index is 0.185. The number of benzene rings is 1. The topological polar surface area (TPSA) is 69.4 Å². The molecule has 5 heteroatoms. The van der Waals surface area contributed by atoms with Crippen molar-refractivity contribution in [3.63, 3.8) is 0 Å². The van der Waals surface area contributed by atoms with Crippen molar-refractivity contribution in [1.82, 2.24) is 0 Å². The lowest BCUT2D eigenvalue weighted by atomic mass is 10.2. The highest BCUT2D eigenvalue weighted by atomic mass is 16.6. The van der Waals surface area contributed by atoms with Crippen molar-refractivity contribution in [2.75, 3.05) is 6.61 Å². The molecule has 0 fully saturated rings. The Hall–Kier alpha value is -2.17. The van der Waals surface area contributed by atoms with Crippen LogP contribution in [0.5, 0.6) is 5.75 Å². The number of ether oxygens (including phenoxy) is 1. The summed E-state index contributed by atoms with van der Waals surface area (Å²) in [5, 5.41) is 10.8. The van der Waals surface area contributed by atoms with E-state index in [-0.39, 0.29) is 17.0 Å². The number of carbonyl (C=O) groups excluding carboxylic acids is 1. The summed E-state index contributed by atoms with van der Waals surface area (Å²) < 4.78 is 5.29. The molecule has 0 unspecified atom stereocenters. The van der Waals surface area contributed by atoms with Crippen molar-refractivity contribution >= 4 is 12.0 Å². The van der Waals surface area contributed by atoms with Crippen LogP contribution in [-0.2, 0) is 0 Å². The molecule has 0 spiro atoms. The molecule has 90 valence electrons. The van der Waals surface area contributed by atoms with Crippen molar-refractivity contribution in [3.05, 3.63) is 46.5 Å². The first-order chi connectivity index (χ1) is 8.19. The van der Waals surface area contributed by atoms with Crippen LogP contribution in [0.15, 0.2) is 30.9 Å². The maximum atomic E-state index is 10.8.